The lowest BCUT2D eigenvalue weighted by Gasteiger charge is -2.13. The Hall–Kier alpha value is -3.42. The number of rotatable bonds is 1. The molecule has 8 heteroatoms. The van der Waals surface area contributed by atoms with Gasteiger partial charge in [0.2, 0.25) is 0 Å². The fraction of sp³-hybridized carbons (Fsp3) is 0.105. The fourth-order valence-corrected chi connectivity index (χ4v) is 3.18. The number of halogens is 3. The molecule has 0 radical (unpaired) electrons. The van der Waals surface area contributed by atoms with Gasteiger partial charge in [-0.15, -0.1) is 0 Å². The van der Waals surface area contributed by atoms with E-state index in [0.717, 1.165) is 16.7 Å². The molecule has 0 aliphatic carbocycles. The number of H-pyrrole nitrogens is 1. The summed E-state index contributed by atoms with van der Waals surface area (Å²) in [5.41, 5.74) is -2.31. The highest BCUT2D eigenvalue weighted by Gasteiger charge is 2.33. The molecule has 0 bridgehead atoms. The highest BCUT2D eigenvalue weighted by Crippen LogP contribution is 2.33. The largest absolute Gasteiger partial charge is 0.416 e. The summed E-state index contributed by atoms with van der Waals surface area (Å²) in [5.74, 6) is 0. The van der Waals surface area contributed by atoms with Gasteiger partial charge in [-0.1, -0.05) is 24.3 Å². The van der Waals surface area contributed by atoms with E-state index in [2.05, 4.69) is 9.97 Å². The molecule has 0 spiro atoms. The van der Waals surface area contributed by atoms with Gasteiger partial charge in [-0.05, 0) is 24.6 Å². The van der Waals surface area contributed by atoms with Gasteiger partial charge in [0.1, 0.15) is 0 Å². The van der Waals surface area contributed by atoms with E-state index < -0.39 is 23.0 Å². The molecule has 2 aromatic heterocycles. The van der Waals surface area contributed by atoms with E-state index in [4.69, 9.17) is 0 Å². The minimum atomic E-state index is -4.60. The van der Waals surface area contributed by atoms with Crippen molar-refractivity contribution in [1.29, 1.82) is 0 Å². The molecule has 2 heterocycles. The van der Waals surface area contributed by atoms with E-state index in [-0.39, 0.29) is 22.2 Å². The third-order valence-electron chi connectivity index (χ3n) is 4.44. The summed E-state index contributed by atoms with van der Waals surface area (Å²) in [6.07, 6.45) is -1.69. The summed E-state index contributed by atoms with van der Waals surface area (Å²) in [7, 11) is 0. The predicted molar refractivity (Wildman–Crippen MR) is 95.2 cm³/mol. The van der Waals surface area contributed by atoms with Gasteiger partial charge < -0.3 is 4.98 Å². The lowest BCUT2D eigenvalue weighted by atomic mass is 10.1. The molecule has 0 aliphatic heterocycles. The first kappa shape index (κ1) is 17.0. The maximum absolute atomic E-state index is 13.2. The number of pyridine rings is 1. The van der Waals surface area contributed by atoms with Crippen LogP contribution in [-0.2, 0) is 6.18 Å². The van der Waals surface area contributed by atoms with Crippen LogP contribution in [0.25, 0.3) is 27.4 Å². The van der Waals surface area contributed by atoms with Gasteiger partial charge in [0.15, 0.2) is 0 Å². The molecule has 2 aromatic carbocycles. The van der Waals surface area contributed by atoms with Crippen molar-refractivity contribution in [1.82, 2.24) is 14.5 Å². The Kier molecular flexibility index (Phi) is 3.66. The van der Waals surface area contributed by atoms with Crippen LogP contribution >= 0.6 is 0 Å². The summed E-state index contributed by atoms with van der Waals surface area (Å²) in [4.78, 5) is 32.0. The van der Waals surface area contributed by atoms with Crippen molar-refractivity contribution in [3.8, 4) is 5.69 Å². The lowest BCUT2D eigenvalue weighted by molar-refractivity contribution is -0.137. The summed E-state index contributed by atoms with van der Waals surface area (Å²) >= 11 is 0. The zero-order valence-electron chi connectivity index (χ0n) is 14.0. The van der Waals surface area contributed by atoms with Gasteiger partial charge in [-0.3, -0.25) is 9.78 Å². The van der Waals surface area contributed by atoms with Crippen LogP contribution in [0.3, 0.4) is 0 Å². The second-order valence-corrected chi connectivity index (χ2v) is 6.16. The van der Waals surface area contributed by atoms with Crippen molar-refractivity contribution in [3.63, 3.8) is 0 Å². The molecule has 4 aromatic rings. The molecule has 27 heavy (non-hydrogen) atoms. The molecule has 0 saturated carbocycles. The monoisotopic (exact) mass is 371 g/mol. The molecule has 0 fully saturated rings. The number of nitrogens with zero attached hydrogens (tertiary/aromatic N) is 2. The van der Waals surface area contributed by atoms with Gasteiger partial charge in [0.25, 0.3) is 5.56 Å². The van der Waals surface area contributed by atoms with Crippen LogP contribution in [0.15, 0.2) is 58.4 Å². The maximum atomic E-state index is 13.2. The first-order valence-corrected chi connectivity index (χ1v) is 7.97. The number of alkyl halides is 3. The average molecular weight is 371 g/mol. The number of aromatic nitrogens is 3. The van der Waals surface area contributed by atoms with Gasteiger partial charge in [0.05, 0.1) is 28.4 Å². The number of benzene rings is 2. The molecule has 0 unspecified atom stereocenters. The van der Waals surface area contributed by atoms with E-state index in [1.165, 1.54) is 13.1 Å². The Morgan fingerprint density at radius 1 is 1.04 bits per heavy atom. The topological polar surface area (TPSA) is 67.8 Å². The molecule has 4 rings (SSSR count). The highest BCUT2D eigenvalue weighted by molar-refractivity contribution is 5.89. The minimum absolute atomic E-state index is 0.0555. The number of hydrogen-bond acceptors (Lipinski definition) is 3. The normalized spacial score (nSPS) is 12.0. The van der Waals surface area contributed by atoms with Crippen LogP contribution in [0, 0.1) is 6.92 Å². The third kappa shape index (κ3) is 2.69. The van der Waals surface area contributed by atoms with Gasteiger partial charge in [0, 0.05) is 17.0 Å². The van der Waals surface area contributed by atoms with Gasteiger partial charge in [-0.2, -0.15) is 13.2 Å². The Morgan fingerprint density at radius 3 is 2.52 bits per heavy atom. The van der Waals surface area contributed by atoms with Crippen molar-refractivity contribution in [3.05, 3.63) is 80.8 Å². The molecule has 0 atom stereocenters. The first-order chi connectivity index (χ1) is 12.8. The maximum Gasteiger partial charge on any atom is 0.416 e. The third-order valence-corrected chi connectivity index (χ3v) is 4.44. The highest BCUT2D eigenvalue weighted by atomic mass is 19.4. The standard InChI is InChI=1S/C19H12F3N3O2/c1-10-6-15-13(7-14(10)19(20,21)22)17(26)25(18(27)24-15)16-9-23-8-11-4-2-3-5-12(11)16/h2-9H,1H3,(H,24,27). The summed E-state index contributed by atoms with van der Waals surface area (Å²) in [6.45, 7) is 1.28. The summed E-state index contributed by atoms with van der Waals surface area (Å²) in [6, 6.07) is 8.91. The van der Waals surface area contributed by atoms with Crippen molar-refractivity contribution >= 4 is 21.7 Å². The Bertz CT molecular complexity index is 1310. The Balaban J connectivity index is 2.12. The molecular weight excluding hydrogens is 359 g/mol. The van der Waals surface area contributed by atoms with Crippen LogP contribution < -0.4 is 11.2 Å². The SMILES string of the molecule is Cc1cc2[nH]c(=O)n(-c3cncc4ccccc34)c(=O)c2cc1C(F)(F)F. The van der Waals surface area contributed by atoms with Crippen LogP contribution in [0.2, 0.25) is 0 Å². The average Bonchev–Trinajstić information content (AvgIpc) is 2.60. The van der Waals surface area contributed by atoms with Crippen molar-refractivity contribution < 1.29 is 13.2 Å². The number of aromatic amines is 1. The fourth-order valence-electron chi connectivity index (χ4n) is 3.18. The summed E-state index contributed by atoms with van der Waals surface area (Å²) in [5, 5.41) is 1.06. The lowest BCUT2D eigenvalue weighted by Crippen LogP contribution is -2.34. The number of hydrogen-bond donors (Lipinski definition) is 1. The Labute approximate surface area is 149 Å². The molecule has 0 saturated heterocycles. The predicted octanol–water partition coefficient (Wildman–Crippen LogP) is 3.55. The summed E-state index contributed by atoms with van der Waals surface area (Å²) < 4.78 is 40.5. The molecule has 0 aliphatic rings. The van der Waals surface area contributed by atoms with E-state index in [0.29, 0.717) is 10.8 Å². The van der Waals surface area contributed by atoms with Crippen LogP contribution in [0.4, 0.5) is 13.2 Å². The second kappa shape index (κ2) is 5.80. The number of fused-ring (bicyclic) bond motifs is 2. The minimum Gasteiger partial charge on any atom is -0.306 e. The smallest absolute Gasteiger partial charge is 0.306 e. The first-order valence-electron chi connectivity index (χ1n) is 7.97. The van der Waals surface area contributed by atoms with E-state index >= 15 is 0 Å². The van der Waals surface area contributed by atoms with Crippen molar-refractivity contribution in [2.45, 2.75) is 13.1 Å². The van der Waals surface area contributed by atoms with Crippen LogP contribution in [0.5, 0.6) is 0 Å². The van der Waals surface area contributed by atoms with Crippen molar-refractivity contribution in [2.75, 3.05) is 0 Å². The van der Waals surface area contributed by atoms with E-state index in [1.54, 1.807) is 30.5 Å². The zero-order valence-corrected chi connectivity index (χ0v) is 14.0. The van der Waals surface area contributed by atoms with E-state index in [9.17, 15) is 22.8 Å². The number of aryl methyl sites for hydroxylation is 1. The van der Waals surface area contributed by atoms with E-state index in [1.807, 2.05) is 0 Å². The van der Waals surface area contributed by atoms with Crippen LogP contribution in [-0.4, -0.2) is 14.5 Å². The van der Waals surface area contributed by atoms with Crippen LogP contribution in [0.1, 0.15) is 11.1 Å². The van der Waals surface area contributed by atoms with Crippen molar-refractivity contribution in [2.24, 2.45) is 0 Å². The molecule has 5 nitrogen and oxygen atoms in total. The number of nitrogens with one attached hydrogen (secondary N) is 1. The molecule has 1 N–H and O–H groups in total. The quantitative estimate of drug-likeness (QED) is 0.556. The molecular formula is C19H12F3N3O2. The molecule has 0 amide bonds. The second-order valence-electron chi connectivity index (χ2n) is 6.16. The van der Waals surface area contributed by atoms with Gasteiger partial charge >= 0.3 is 11.9 Å². The zero-order chi connectivity index (χ0) is 19.3. The Morgan fingerprint density at radius 2 is 1.78 bits per heavy atom. The molecule has 136 valence electrons. The van der Waals surface area contributed by atoms with Gasteiger partial charge in [-0.25, -0.2) is 9.36 Å².